The Kier molecular flexibility index (Phi) is 2.98. The predicted molar refractivity (Wildman–Crippen MR) is 91.3 cm³/mol. The molecule has 0 aromatic heterocycles. The minimum Gasteiger partial charge on any atom is -0.298 e. The maximum absolute atomic E-state index is 13.4. The highest BCUT2D eigenvalue weighted by atomic mass is 19.1. The number of carbonyl (C=O) groups excluding carboxylic acids is 1. The SMILES string of the molecule is N#CC1C(=O)[C@@H]2C[C@]13c1ccccc1CCC3[C@@H]2c1ccc(F)cc1. The van der Waals surface area contributed by atoms with E-state index in [0.717, 1.165) is 24.8 Å². The Hall–Kier alpha value is -2.47. The summed E-state index contributed by atoms with van der Waals surface area (Å²) in [7, 11) is 0. The number of ketones is 1. The van der Waals surface area contributed by atoms with Crippen LogP contribution in [0.4, 0.5) is 4.39 Å². The topological polar surface area (TPSA) is 40.9 Å². The minimum atomic E-state index is -0.541. The van der Waals surface area contributed by atoms with Gasteiger partial charge >= 0.3 is 0 Å². The lowest BCUT2D eigenvalue weighted by Crippen LogP contribution is -2.47. The van der Waals surface area contributed by atoms with Gasteiger partial charge in [-0.05, 0) is 59.9 Å². The van der Waals surface area contributed by atoms with Crippen LogP contribution in [0.5, 0.6) is 0 Å². The van der Waals surface area contributed by atoms with Crippen molar-refractivity contribution in [3.05, 3.63) is 71.0 Å². The largest absolute Gasteiger partial charge is 0.298 e. The Morgan fingerprint density at radius 2 is 1.88 bits per heavy atom. The number of halogens is 1. The molecule has 3 aliphatic carbocycles. The van der Waals surface area contributed by atoms with Crippen molar-refractivity contribution in [2.45, 2.75) is 30.6 Å². The van der Waals surface area contributed by atoms with Crippen molar-refractivity contribution in [2.24, 2.45) is 17.8 Å². The van der Waals surface area contributed by atoms with E-state index in [9.17, 15) is 14.4 Å². The quantitative estimate of drug-likeness (QED) is 0.787. The van der Waals surface area contributed by atoms with Crippen LogP contribution in [0.2, 0.25) is 0 Å². The summed E-state index contributed by atoms with van der Waals surface area (Å²) >= 11 is 0. The van der Waals surface area contributed by atoms with Gasteiger partial charge < -0.3 is 0 Å². The van der Waals surface area contributed by atoms with E-state index in [1.165, 1.54) is 23.3 Å². The van der Waals surface area contributed by atoms with Crippen LogP contribution in [0, 0.1) is 34.9 Å². The average molecular weight is 331 g/mol. The third kappa shape index (κ3) is 1.75. The van der Waals surface area contributed by atoms with Crippen LogP contribution in [0.15, 0.2) is 48.5 Å². The van der Waals surface area contributed by atoms with Gasteiger partial charge in [0.05, 0.1) is 6.07 Å². The Balaban J connectivity index is 1.71. The van der Waals surface area contributed by atoms with E-state index in [4.69, 9.17) is 0 Å². The van der Waals surface area contributed by atoms with Gasteiger partial charge in [0.2, 0.25) is 0 Å². The van der Waals surface area contributed by atoms with E-state index in [1.807, 2.05) is 24.3 Å². The summed E-state index contributed by atoms with van der Waals surface area (Å²) in [5, 5.41) is 9.79. The van der Waals surface area contributed by atoms with Crippen LogP contribution >= 0.6 is 0 Å². The van der Waals surface area contributed by atoms with E-state index in [-0.39, 0.29) is 34.8 Å². The first-order valence-corrected chi connectivity index (χ1v) is 8.94. The lowest BCUT2D eigenvalue weighted by Gasteiger charge is -2.46. The Labute approximate surface area is 146 Å². The predicted octanol–water partition coefficient (Wildman–Crippen LogP) is 4.15. The Morgan fingerprint density at radius 3 is 2.64 bits per heavy atom. The van der Waals surface area contributed by atoms with Crippen LogP contribution in [0.1, 0.15) is 35.4 Å². The molecular formula is C22H18FNO. The van der Waals surface area contributed by atoms with E-state index >= 15 is 0 Å². The van der Waals surface area contributed by atoms with Gasteiger partial charge in [-0.1, -0.05) is 36.4 Å². The first-order chi connectivity index (χ1) is 12.2. The lowest BCUT2D eigenvalue weighted by atomic mass is 9.55. The fraction of sp³-hybridized carbons (Fsp3) is 0.364. The van der Waals surface area contributed by atoms with E-state index in [1.54, 1.807) is 0 Å². The molecule has 2 nitrogen and oxygen atoms in total. The summed E-state index contributed by atoms with van der Waals surface area (Å²) in [6.07, 6.45) is 2.73. The summed E-state index contributed by atoms with van der Waals surface area (Å²) in [5.41, 5.74) is 3.18. The number of hydrogen-bond donors (Lipinski definition) is 0. The van der Waals surface area contributed by atoms with Crippen molar-refractivity contribution in [2.75, 3.05) is 0 Å². The van der Waals surface area contributed by atoms with Gasteiger partial charge in [0.1, 0.15) is 11.7 Å². The summed E-state index contributed by atoms with van der Waals surface area (Å²) in [6.45, 7) is 0. The highest BCUT2D eigenvalue weighted by Crippen LogP contribution is 2.68. The second-order valence-corrected chi connectivity index (χ2v) is 7.70. The van der Waals surface area contributed by atoms with Crippen molar-refractivity contribution in [1.82, 2.24) is 0 Å². The molecule has 124 valence electrons. The average Bonchev–Trinajstić information content (AvgIpc) is 3.12. The number of rotatable bonds is 1. The van der Waals surface area contributed by atoms with Crippen LogP contribution < -0.4 is 0 Å². The number of Topliss-reactive ketones (excluding diaryl/α,β-unsaturated/α-hetero) is 1. The summed E-state index contributed by atoms with van der Waals surface area (Å²) < 4.78 is 13.4. The van der Waals surface area contributed by atoms with Crippen molar-refractivity contribution in [1.29, 1.82) is 5.26 Å². The number of nitrogens with zero attached hydrogens (tertiary/aromatic N) is 1. The molecule has 0 radical (unpaired) electrons. The maximum atomic E-state index is 13.4. The zero-order valence-electron chi connectivity index (χ0n) is 13.8. The Morgan fingerprint density at radius 1 is 1.12 bits per heavy atom. The molecule has 2 bridgehead atoms. The molecule has 2 fully saturated rings. The number of nitriles is 1. The first kappa shape index (κ1) is 14.8. The molecule has 2 aromatic rings. The molecule has 5 atom stereocenters. The molecule has 0 N–H and O–H groups in total. The molecule has 25 heavy (non-hydrogen) atoms. The van der Waals surface area contributed by atoms with Gasteiger partial charge in [-0.25, -0.2) is 4.39 Å². The number of aryl methyl sites for hydroxylation is 1. The highest BCUT2D eigenvalue weighted by molar-refractivity contribution is 5.93. The molecule has 5 rings (SSSR count). The van der Waals surface area contributed by atoms with Crippen molar-refractivity contribution in [3.8, 4) is 6.07 Å². The molecule has 3 heteroatoms. The zero-order chi connectivity index (χ0) is 17.2. The monoisotopic (exact) mass is 331 g/mol. The zero-order valence-corrected chi connectivity index (χ0v) is 13.8. The Bertz CT molecular complexity index is 912. The molecule has 1 spiro atoms. The third-order valence-corrected chi connectivity index (χ3v) is 6.88. The molecular weight excluding hydrogens is 313 g/mol. The fourth-order valence-electron chi connectivity index (χ4n) is 6.05. The van der Waals surface area contributed by atoms with E-state index in [0.29, 0.717) is 0 Å². The number of carbonyl (C=O) groups is 1. The third-order valence-electron chi connectivity index (χ3n) is 6.88. The number of fused-ring (bicyclic) bond motifs is 2. The van der Waals surface area contributed by atoms with Crippen LogP contribution in [0.25, 0.3) is 0 Å². The summed E-state index contributed by atoms with van der Waals surface area (Å²) in [5.74, 6) is -0.445. The van der Waals surface area contributed by atoms with Gasteiger partial charge in [0.25, 0.3) is 0 Å². The second kappa shape index (κ2) is 5.02. The van der Waals surface area contributed by atoms with Gasteiger partial charge in [-0.3, -0.25) is 4.79 Å². The number of hydrogen-bond acceptors (Lipinski definition) is 2. The summed E-state index contributed by atoms with van der Waals surface area (Å²) in [6, 6.07) is 17.3. The first-order valence-electron chi connectivity index (χ1n) is 8.94. The van der Waals surface area contributed by atoms with Gasteiger partial charge in [0.15, 0.2) is 5.78 Å². The molecule has 0 amide bonds. The lowest BCUT2D eigenvalue weighted by molar-refractivity contribution is -0.126. The van der Waals surface area contributed by atoms with E-state index < -0.39 is 5.92 Å². The second-order valence-electron chi connectivity index (χ2n) is 7.70. The normalized spacial score (nSPS) is 35.1. The highest BCUT2D eigenvalue weighted by Gasteiger charge is 2.69. The van der Waals surface area contributed by atoms with Gasteiger partial charge in [0, 0.05) is 11.3 Å². The summed E-state index contributed by atoms with van der Waals surface area (Å²) in [4.78, 5) is 13.0. The van der Waals surface area contributed by atoms with Crippen LogP contribution in [-0.4, -0.2) is 5.78 Å². The van der Waals surface area contributed by atoms with Crippen molar-refractivity contribution < 1.29 is 9.18 Å². The molecule has 3 aliphatic rings. The van der Waals surface area contributed by atoms with Gasteiger partial charge in [-0.2, -0.15) is 5.26 Å². The molecule has 2 saturated carbocycles. The molecule has 0 aliphatic heterocycles. The fourth-order valence-corrected chi connectivity index (χ4v) is 6.05. The van der Waals surface area contributed by atoms with Crippen LogP contribution in [0.3, 0.4) is 0 Å². The maximum Gasteiger partial charge on any atom is 0.154 e. The van der Waals surface area contributed by atoms with Crippen molar-refractivity contribution in [3.63, 3.8) is 0 Å². The van der Waals surface area contributed by atoms with Crippen LogP contribution in [-0.2, 0) is 16.6 Å². The number of benzene rings is 2. The molecule has 2 unspecified atom stereocenters. The molecule has 0 heterocycles. The smallest absolute Gasteiger partial charge is 0.154 e. The standard InChI is InChI=1S/C22H18FNO/c23-15-8-5-14(6-9-15)20-16-11-22(19(12-24)21(16)25)17-4-2-1-3-13(17)7-10-18(20)22/h1-6,8-9,16,18-20H,7,10-11H2/t16-,18?,19?,20-,22-/m1/s1. The molecule has 0 saturated heterocycles. The minimum absolute atomic E-state index is 0.0878. The van der Waals surface area contributed by atoms with E-state index in [2.05, 4.69) is 18.2 Å². The molecule has 2 aromatic carbocycles. The van der Waals surface area contributed by atoms with Crippen molar-refractivity contribution >= 4 is 5.78 Å². The van der Waals surface area contributed by atoms with Gasteiger partial charge in [-0.15, -0.1) is 0 Å².